The number of anilines is 1. The molecule has 0 saturated heterocycles. The molecule has 1 aliphatic rings. The zero-order chi connectivity index (χ0) is 22.7. The molecule has 1 aliphatic carbocycles. The summed E-state index contributed by atoms with van der Waals surface area (Å²) in [5.74, 6) is 0.167. The monoisotopic (exact) mass is 485 g/mol. The molecule has 0 aliphatic heterocycles. The molecule has 5 nitrogen and oxygen atoms in total. The smallest absolute Gasteiger partial charge is 0.257 e. The minimum atomic E-state index is -0.313. The maximum Gasteiger partial charge on any atom is 0.257 e. The number of pyridine rings is 1. The van der Waals surface area contributed by atoms with E-state index >= 15 is 0 Å². The van der Waals surface area contributed by atoms with Gasteiger partial charge in [-0.2, -0.15) is 0 Å². The predicted molar refractivity (Wildman–Crippen MR) is 131 cm³/mol. The molecule has 164 valence electrons. The topological polar surface area (TPSA) is 71.1 Å². The molecule has 2 N–H and O–H groups in total. The summed E-state index contributed by atoms with van der Waals surface area (Å²) in [6.07, 6.45) is 5.84. The fourth-order valence-corrected chi connectivity index (χ4v) is 4.14. The summed E-state index contributed by atoms with van der Waals surface area (Å²) >= 11 is 14.2. The molecule has 4 rings (SSSR count). The van der Waals surface area contributed by atoms with Gasteiger partial charge < -0.3 is 10.6 Å². The summed E-state index contributed by atoms with van der Waals surface area (Å²) in [6.45, 7) is 0.707. The van der Waals surface area contributed by atoms with Gasteiger partial charge in [-0.15, -0.1) is 11.8 Å². The Morgan fingerprint density at radius 3 is 2.50 bits per heavy atom. The Bertz CT molecular complexity index is 1160. The van der Waals surface area contributed by atoms with Crippen LogP contribution in [0.5, 0.6) is 0 Å². The van der Waals surface area contributed by atoms with Gasteiger partial charge in [0, 0.05) is 28.9 Å². The fourth-order valence-electron chi connectivity index (χ4n) is 3.15. The number of nitrogens with zero attached hydrogens (tertiary/aromatic N) is 1. The Morgan fingerprint density at radius 2 is 1.84 bits per heavy atom. The second-order valence-corrected chi connectivity index (χ2v) is 9.27. The van der Waals surface area contributed by atoms with E-state index in [4.69, 9.17) is 23.2 Å². The highest BCUT2D eigenvalue weighted by Crippen LogP contribution is 2.31. The van der Waals surface area contributed by atoms with E-state index in [0.717, 1.165) is 4.90 Å². The average Bonchev–Trinajstić information content (AvgIpc) is 3.63. The van der Waals surface area contributed by atoms with Crippen LogP contribution in [0.4, 0.5) is 5.69 Å². The Balaban J connectivity index is 1.49. The number of aromatic nitrogens is 1. The quantitative estimate of drug-likeness (QED) is 0.392. The van der Waals surface area contributed by atoms with E-state index in [2.05, 4.69) is 15.6 Å². The maximum atomic E-state index is 12.7. The van der Waals surface area contributed by atoms with E-state index in [0.29, 0.717) is 50.6 Å². The first kappa shape index (κ1) is 22.6. The number of nitrogens with one attached hydrogen (secondary N) is 2. The van der Waals surface area contributed by atoms with E-state index in [1.54, 1.807) is 54.2 Å². The number of halogens is 2. The predicted octanol–water partition coefficient (Wildman–Crippen LogP) is 6.17. The molecule has 2 amide bonds. The first-order chi connectivity index (χ1) is 15.4. The average molecular weight is 486 g/mol. The SMILES string of the molecule is CSc1ccc(C(=O)Nc2ccc(Cl)c(-c3ccc(C(=O)NCC4CC4)cn3)c2)c(Cl)c1. The fraction of sp³-hybridized carbons (Fsp3) is 0.208. The summed E-state index contributed by atoms with van der Waals surface area (Å²) in [7, 11) is 0. The number of rotatable bonds is 7. The molecule has 0 unspecified atom stereocenters. The third kappa shape index (κ3) is 5.44. The molecule has 0 atom stereocenters. The van der Waals surface area contributed by atoms with E-state index < -0.39 is 0 Å². The van der Waals surface area contributed by atoms with Gasteiger partial charge in [-0.1, -0.05) is 23.2 Å². The van der Waals surface area contributed by atoms with Gasteiger partial charge >= 0.3 is 0 Å². The molecule has 0 radical (unpaired) electrons. The lowest BCUT2D eigenvalue weighted by Crippen LogP contribution is -2.25. The van der Waals surface area contributed by atoms with E-state index in [1.165, 1.54) is 19.0 Å². The Labute approximate surface area is 200 Å². The van der Waals surface area contributed by atoms with Gasteiger partial charge in [-0.3, -0.25) is 14.6 Å². The summed E-state index contributed by atoms with van der Waals surface area (Å²) in [6, 6.07) is 14.0. The van der Waals surface area contributed by atoms with E-state index in [9.17, 15) is 9.59 Å². The third-order valence-electron chi connectivity index (χ3n) is 5.19. The number of thioether (sulfide) groups is 1. The first-order valence-electron chi connectivity index (χ1n) is 10.1. The van der Waals surface area contributed by atoms with Gasteiger partial charge in [0.2, 0.25) is 0 Å². The lowest BCUT2D eigenvalue weighted by atomic mass is 10.1. The van der Waals surface area contributed by atoms with Crippen molar-refractivity contribution in [3.8, 4) is 11.3 Å². The zero-order valence-electron chi connectivity index (χ0n) is 17.3. The molecular weight excluding hydrogens is 465 g/mol. The summed E-state index contributed by atoms with van der Waals surface area (Å²) in [5, 5.41) is 6.66. The molecule has 2 aromatic carbocycles. The number of carbonyl (C=O) groups excluding carboxylic acids is 2. The van der Waals surface area contributed by atoms with Gasteiger partial charge in [-0.25, -0.2) is 0 Å². The first-order valence-corrected chi connectivity index (χ1v) is 12.1. The molecule has 1 heterocycles. The van der Waals surface area contributed by atoms with Gasteiger partial charge in [0.05, 0.1) is 26.9 Å². The van der Waals surface area contributed by atoms with Crippen LogP contribution < -0.4 is 10.6 Å². The second kappa shape index (κ2) is 9.94. The summed E-state index contributed by atoms with van der Waals surface area (Å²) in [4.78, 5) is 30.3. The summed E-state index contributed by atoms with van der Waals surface area (Å²) in [5.41, 5.74) is 2.71. The molecule has 1 fully saturated rings. The van der Waals surface area contributed by atoms with Crippen LogP contribution in [0.25, 0.3) is 11.3 Å². The van der Waals surface area contributed by atoms with Gasteiger partial charge in [0.15, 0.2) is 0 Å². The van der Waals surface area contributed by atoms with Crippen molar-refractivity contribution < 1.29 is 9.59 Å². The van der Waals surface area contributed by atoms with Gasteiger partial charge in [-0.05, 0) is 73.5 Å². The minimum absolute atomic E-state index is 0.132. The maximum absolute atomic E-state index is 12.7. The number of hydrogen-bond donors (Lipinski definition) is 2. The molecule has 0 spiro atoms. The normalized spacial score (nSPS) is 13.0. The number of hydrogen-bond acceptors (Lipinski definition) is 4. The molecule has 32 heavy (non-hydrogen) atoms. The molecule has 8 heteroatoms. The molecule has 1 saturated carbocycles. The molecule has 0 bridgehead atoms. The van der Waals surface area contributed by atoms with E-state index in [-0.39, 0.29) is 11.8 Å². The van der Waals surface area contributed by atoms with Crippen LogP contribution in [0.2, 0.25) is 10.0 Å². The highest BCUT2D eigenvalue weighted by molar-refractivity contribution is 7.98. The lowest BCUT2D eigenvalue weighted by Gasteiger charge is -2.11. The highest BCUT2D eigenvalue weighted by Gasteiger charge is 2.22. The standard InChI is InChI=1S/C24H21Cl2N3O2S/c1-32-17-6-7-18(21(26)11-17)24(31)29-16-5-8-20(25)19(10-16)22-9-4-15(13-27-22)23(30)28-12-14-2-3-14/h4-11,13-14H,2-3,12H2,1H3,(H,28,30)(H,29,31). The van der Waals surface area contributed by atoms with Crippen molar-refractivity contribution in [3.05, 3.63) is 75.9 Å². The van der Waals surface area contributed by atoms with Crippen molar-refractivity contribution in [3.63, 3.8) is 0 Å². The molecule has 3 aromatic rings. The van der Waals surface area contributed by atoms with Crippen LogP contribution in [-0.2, 0) is 0 Å². The Morgan fingerprint density at radius 1 is 1.03 bits per heavy atom. The van der Waals surface area contributed by atoms with Crippen molar-refractivity contribution in [2.24, 2.45) is 5.92 Å². The Kier molecular flexibility index (Phi) is 7.04. The number of benzene rings is 2. The minimum Gasteiger partial charge on any atom is -0.352 e. The van der Waals surface area contributed by atoms with Crippen LogP contribution in [0.1, 0.15) is 33.6 Å². The number of amides is 2. The van der Waals surface area contributed by atoms with Crippen LogP contribution in [0.3, 0.4) is 0 Å². The third-order valence-corrected chi connectivity index (χ3v) is 6.56. The molecule has 1 aromatic heterocycles. The van der Waals surface area contributed by atoms with Crippen molar-refractivity contribution in [2.75, 3.05) is 18.1 Å². The van der Waals surface area contributed by atoms with Crippen molar-refractivity contribution in [1.82, 2.24) is 10.3 Å². The highest BCUT2D eigenvalue weighted by atomic mass is 35.5. The molecular formula is C24H21Cl2N3O2S. The number of carbonyl (C=O) groups is 2. The van der Waals surface area contributed by atoms with Crippen LogP contribution in [-0.4, -0.2) is 29.6 Å². The summed E-state index contributed by atoms with van der Waals surface area (Å²) < 4.78 is 0. The van der Waals surface area contributed by atoms with Gasteiger partial charge in [0.1, 0.15) is 0 Å². The van der Waals surface area contributed by atoms with Gasteiger partial charge in [0.25, 0.3) is 11.8 Å². The van der Waals surface area contributed by atoms with Crippen molar-refractivity contribution >= 4 is 52.5 Å². The lowest BCUT2D eigenvalue weighted by molar-refractivity contribution is 0.0950. The zero-order valence-corrected chi connectivity index (χ0v) is 19.7. The van der Waals surface area contributed by atoms with E-state index in [1.807, 2.05) is 12.3 Å². The van der Waals surface area contributed by atoms with Crippen LogP contribution in [0.15, 0.2) is 59.6 Å². The van der Waals surface area contributed by atoms with Crippen LogP contribution in [0, 0.1) is 5.92 Å². The second-order valence-electron chi connectivity index (χ2n) is 7.58. The Hall–Kier alpha value is -2.54. The largest absolute Gasteiger partial charge is 0.352 e. The van der Waals surface area contributed by atoms with Crippen LogP contribution >= 0.6 is 35.0 Å². The van der Waals surface area contributed by atoms with Crippen molar-refractivity contribution in [1.29, 1.82) is 0 Å². The van der Waals surface area contributed by atoms with Crippen molar-refractivity contribution in [2.45, 2.75) is 17.7 Å².